The highest BCUT2D eigenvalue weighted by Crippen LogP contribution is 2.42. The smallest absolute Gasteiger partial charge is 0.265 e. The van der Waals surface area contributed by atoms with Crippen molar-refractivity contribution in [3.05, 3.63) is 88.3 Å². The molecule has 0 atom stereocenters. The molecule has 3 aromatic rings. The van der Waals surface area contributed by atoms with Crippen LogP contribution in [0.2, 0.25) is 5.02 Å². The Kier molecular flexibility index (Phi) is 9.31. The van der Waals surface area contributed by atoms with Crippen LogP contribution in [0.4, 0.5) is 11.4 Å². The molecule has 2 aliphatic heterocycles. The number of fused-ring (bicyclic) bond motifs is 1. The minimum absolute atomic E-state index is 0.0240. The minimum atomic E-state index is -0.187. The lowest BCUT2D eigenvalue weighted by atomic mass is 10.2. The monoisotopic (exact) mass is 576 g/mol. The lowest BCUT2D eigenvalue weighted by Crippen LogP contribution is -2.47. The third kappa shape index (κ3) is 6.99. The first-order valence-corrected chi connectivity index (χ1v) is 14.6. The van der Waals surface area contributed by atoms with Gasteiger partial charge in [-0.3, -0.25) is 19.4 Å². The van der Waals surface area contributed by atoms with E-state index in [4.69, 9.17) is 16.3 Å². The molecule has 0 spiro atoms. The number of anilines is 2. The Morgan fingerprint density at radius 2 is 1.80 bits per heavy atom. The van der Waals surface area contributed by atoms with Gasteiger partial charge in [0.05, 0.1) is 17.7 Å². The predicted molar refractivity (Wildman–Crippen MR) is 163 cm³/mol. The van der Waals surface area contributed by atoms with Crippen LogP contribution in [0.25, 0.3) is 6.08 Å². The molecule has 1 fully saturated rings. The van der Waals surface area contributed by atoms with Gasteiger partial charge < -0.3 is 15.0 Å². The Morgan fingerprint density at radius 1 is 1.02 bits per heavy atom. The molecule has 9 heteroatoms. The second-order valence-corrected chi connectivity index (χ2v) is 11.3. The summed E-state index contributed by atoms with van der Waals surface area (Å²) in [5.41, 5.74) is 2.81. The highest BCUT2D eigenvalue weighted by atomic mass is 35.5. The fourth-order valence-corrected chi connectivity index (χ4v) is 6.18. The third-order valence-corrected chi connectivity index (χ3v) is 8.38. The number of benzene rings is 3. The predicted octanol–water partition coefficient (Wildman–Crippen LogP) is 5.16. The molecule has 0 radical (unpaired) electrons. The summed E-state index contributed by atoms with van der Waals surface area (Å²) >= 11 is 7.55. The van der Waals surface area contributed by atoms with Crippen molar-refractivity contribution < 1.29 is 14.3 Å². The van der Waals surface area contributed by atoms with Crippen LogP contribution in [0.15, 0.2) is 82.6 Å². The van der Waals surface area contributed by atoms with Gasteiger partial charge in [0.25, 0.3) is 5.91 Å². The van der Waals surface area contributed by atoms with Gasteiger partial charge in [0.15, 0.2) is 0 Å². The van der Waals surface area contributed by atoms with Crippen LogP contribution in [-0.4, -0.2) is 69.6 Å². The summed E-state index contributed by atoms with van der Waals surface area (Å²) < 4.78 is 5.26. The summed E-state index contributed by atoms with van der Waals surface area (Å²) in [5, 5.41) is 3.62. The number of carbonyl (C=O) groups is 2. The zero-order valence-electron chi connectivity index (χ0n) is 22.5. The van der Waals surface area contributed by atoms with Gasteiger partial charge in [0.2, 0.25) is 5.91 Å². The summed E-state index contributed by atoms with van der Waals surface area (Å²) in [4.78, 5) is 34.2. The number of nitrogens with one attached hydrogen (secondary N) is 1. The van der Waals surface area contributed by atoms with E-state index in [9.17, 15) is 9.59 Å². The van der Waals surface area contributed by atoms with Gasteiger partial charge in [0, 0.05) is 48.3 Å². The van der Waals surface area contributed by atoms with Crippen molar-refractivity contribution in [3.63, 3.8) is 0 Å². The topological polar surface area (TPSA) is 65.1 Å². The zero-order valence-corrected chi connectivity index (χ0v) is 24.1. The number of hydrogen-bond acceptors (Lipinski definition) is 6. The highest BCUT2D eigenvalue weighted by molar-refractivity contribution is 8.04. The number of nitrogens with zero attached hydrogens (tertiary/aromatic N) is 3. The molecule has 2 amide bonds. The van der Waals surface area contributed by atoms with Gasteiger partial charge in [-0.15, -0.1) is 0 Å². The van der Waals surface area contributed by atoms with Crippen LogP contribution < -0.4 is 19.9 Å². The maximum atomic E-state index is 13.4. The molecule has 0 aromatic heterocycles. The SMILES string of the molecule is COc1ccc(N2CCN(CCCNC(=O)CN3C(=O)C(=Cc4cccc(Cl)c4)Sc4ccccc43)CC2)cc1. The molecule has 1 saturated heterocycles. The summed E-state index contributed by atoms with van der Waals surface area (Å²) in [7, 11) is 1.68. The number of halogens is 1. The quantitative estimate of drug-likeness (QED) is 0.280. The van der Waals surface area contributed by atoms with Crippen LogP contribution in [-0.2, 0) is 9.59 Å². The summed E-state index contributed by atoms with van der Waals surface area (Å²) in [6.07, 6.45) is 2.68. The van der Waals surface area contributed by atoms with E-state index in [-0.39, 0.29) is 18.4 Å². The van der Waals surface area contributed by atoms with Crippen LogP contribution in [0, 0.1) is 0 Å². The van der Waals surface area contributed by atoms with E-state index >= 15 is 0 Å². The number of piperazine rings is 1. The average molecular weight is 577 g/mol. The van der Waals surface area contributed by atoms with Crippen molar-refractivity contribution in [2.45, 2.75) is 11.3 Å². The molecular weight excluding hydrogens is 544 g/mol. The number of ether oxygens (including phenoxy) is 1. The van der Waals surface area contributed by atoms with Gasteiger partial charge in [0.1, 0.15) is 12.3 Å². The molecule has 0 aliphatic carbocycles. The molecule has 2 heterocycles. The Bertz CT molecular complexity index is 1370. The van der Waals surface area contributed by atoms with E-state index in [2.05, 4.69) is 27.2 Å². The molecule has 3 aromatic carbocycles. The number of methoxy groups -OCH3 is 1. The number of thioether (sulfide) groups is 1. The highest BCUT2D eigenvalue weighted by Gasteiger charge is 2.30. The number of hydrogen-bond donors (Lipinski definition) is 1. The second kappa shape index (κ2) is 13.3. The van der Waals surface area contributed by atoms with Gasteiger partial charge >= 0.3 is 0 Å². The number of carbonyl (C=O) groups excluding carboxylic acids is 2. The molecule has 40 heavy (non-hydrogen) atoms. The van der Waals surface area contributed by atoms with Gasteiger partial charge in [-0.1, -0.05) is 47.6 Å². The van der Waals surface area contributed by atoms with Crippen molar-refractivity contribution >= 4 is 52.6 Å². The molecule has 1 N–H and O–H groups in total. The first-order valence-electron chi connectivity index (χ1n) is 13.4. The molecule has 5 rings (SSSR count). The van der Waals surface area contributed by atoms with Crippen molar-refractivity contribution in [1.29, 1.82) is 0 Å². The fraction of sp³-hybridized carbons (Fsp3) is 0.290. The van der Waals surface area contributed by atoms with Crippen molar-refractivity contribution in [2.24, 2.45) is 0 Å². The molecule has 2 aliphatic rings. The van der Waals surface area contributed by atoms with E-state index in [0.29, 0.717) is 16.5 Å². The third-order valence-electron chi connectivity index (χ3n) is 7.06. The number of para-hydroxylation sites is 1. The van der Waals surface area contributed by atoms with Crippen LogP contribution >= 0.6 is 23.4 Å². The number of amides is 2. The van der Waals surface area contributed by atoms with E-state index in [0.717, 1.165) is 61.0 Å². The van der Waals surface area contributed by atoms with E-state index in [1.807, 2.05) is 60.7 Å². The van der Waals surface area contributed by atoms with Crippen LogP contribution in [0.5, 0.6) is 5.75 Å². The Balaban J connectivity index is 1.11. The van der Waals surface area contributed by atoms with E-state index < -0.39 is 0 Å². The standard InChI is InChI=1S/C31H33ClN4O3S/c1-39-26-12-10-25(11-13-26)35-18-16-34(17-19-35)15-5-14-33-30(37)22-36-27-8-2-3-9-28(27)40-29(31(36)38)21-23-6-4-7-24(32)20-23/h2-4,6-13,20-21H,5,14-19,22H2,1H3,(H,33,37). The van der Waals surface area contributed by atoms with Crippen LogP contribution in [0.3, 0.4) is 0 Å². The lowest BCUT2D eigenvalue weighted by molar-refractivity contribution is -0.122. The van der Waals surface area contributed by atoms with Crippen molar-refractivity contribution in [2.75, 3.05) is 62.7 Å². The Hall–Kier alpha value is -3.46. The first kappa shape index (κ1) is 28.1. The summed E-state index contributed by atoms with van der Waals surface area (Å²) in [6.45, 7) is 5.38. The molecule has 7 nitrogen and oxygen atoms in total. The Labute approximate surface area is 244 Å². The molecule has 0 unspecified atom stereocenters. The van der Waals surface area contributed by atoms with Crippen molar-refractivity contribution in [3.8, 4) is 5.75 Å². The summed E-state index contributed by atoms with van der Waals surface area (Å²) in [5.74, 6) is 0.515. The molecule has 208 valence electrons. The normalized spacial score (nSPS) is 16.6. The zero-order chi connectivity index (χ0) is 27.9. The fourth-order valence-electron chi connectivity index (χ4n) is 4.92. The van der Waals surface area contributed by atoms with Gasteiger partial charge in [-0.2, -0.15) is 0 Å². The second-order valence-electron chi connectivity index (χ2n) is 9.75. The van der Waals surface area contributed by atoms with Gasteiger partial charge in [-0.05, 0) is 73.1 Å². The average Bonchev–Trinajstić information content (AvgIpc) is 2.98. The molecular formula is C31H33ClN4O3S. The lowest BCUT2D eigenvalue weighted by Gasteiger charge is -2.36. The molecule has 0 saturated carbocycles. The van der Waals surface area contributed by atoms with Gasteiger partial charge in [-0.25, -0.2) is 0 Å². The van der Waals surface area contributed by atoms with E-state index in [1.165, 1.54) is 17.4 Å². The van der Waals surface area contributed by atoms with E-state index in [1.54, 1.807) is 18.1 Å². The van der Waals surface area contributed by atoms with Crippen LogP contribution in [0.1, 0.15) is 12.0 Å². The molecule has 0 bridgehead atoms. The maximum absolute atomic E-state index is 13.4. The summed E-state index contributed by atoms with van der Waals surface area (Å²) in [6, 6.07) is 23.3. The van der Waals surface area contributed by atoms with Crippen molar-refractivity contribution in [1.82, 2.24) is 10.2 Å². The largest absolute Gasteiger partial charge is 0.497 e. The minimum Gasteiger partial charge on any atom is -0.497 e. The number of rotatable bonds is 9. The first-order chi connectivity index (χ1) is 19.5. The Morgan fingerprint density at radius 3 is 2.55 bits per heavy atom. The maximum Gasteiger partial charge on any atom is 0.265 e.